The summed E-state index contributed by atoms with van der Waals surface area (Å²) < 4.78 is 5.52. The molecule has 0 aromatic carbocycles. The monoisotopic (exact) mass is 240 g/mol. The van der Waals surface area contributed by atoms with Crippen LogP contribution < -0.4 is 5.32 Å². The second kappa shape index (κ2) is 10.8. The second-order valence-corrected chi connectivity index (χ2v) is 4.62. The Labute approximate surface area is 103 Å². The highest BCUT2D eigenvalue weighted by molar-refractivity contribution is 8.04. The first kappa shape index (κ1) is 15.3. The molecule has 0 heterocycles. The largest absolute Gasteiger partial charge is 0.354 e. The second-order valence-electron chi connectivity index (χ2n) is 3.67. The van der Waals surface area contributed by atoms with E-state index in [2.05, 4.69) is 22.6 Å². The molecule has 4 heteroatoms. The molecule has 0 aromatic heterocycles. The number of nitrogens with zero attached hydrogens (tertiary/aromatic N) is 1. The minimum absolute atomic E-state index is 0.0557. The van der Waals surface area contributed by atoms with E-state index in [1.54, 1.807) is 0 Å². The number of hydrogen-bond donors (Lipinski definition) is 1. The smallest absolute Gasteiger partial charge is 0.136 e. The Morgan fingerprint density at radius 2 is 2.19 bits per heavy atom. The molecule has 0 radical (unpaired) electrons. The Bertz CT molecular complexity index is 262. The SMILES string of the molecule is CNCCCC(OCC#CC(C)C)SC#N. The van der Waals surface area contributed by atoms with Gasteiger partial charge in [0.1, 0.15) is 17.4 Å². The van der Waals surface area contributed by atoms with Crippen molar-refractivity contribution >= 4 is 11.8 Å². The van der Waals surface area contributed by atoms with E-state index in [1.807, 2.05) is 20.9 Å². The molecule has 1 atom stereocenters. The van der Waals surface area contributed by atoms with Crippen LogP contribution in [0.5, 0.6) is 0 Å². The molecule has 90 valence electrons. The van der Waals surface area contributed by atoms with E-state index in [-0.39, 0.29) is 5.44 Å². The molecule has 1 N–H and O–H groups in total. The first-order valence-corrected chi connectivity index (χ1v) is 6.38. The average Bonchev–Trinajstić information content (AvgIpc) is 2.24. The third-order valence-corrected chi connectivity index (χ3v) is 2.52. The number of ether oxygens (including phenoxy) is 1. The van der Waals surface area contributed by atoms with Gasteiger partial charge >= 0.3 is 0 Å². The topological polar surface area (TPSA) is 45.0 Å². The van der Waals surface area contributed by atoms with Crippen molar-refractivity contribution in [2.45, 2.75) is 32.1 Å². The van der Waals surface area contributed by atoms with Crippen LogP contribution in [0.3, 0.4) is 0 Å². The van der Waals surface area contributed by atoms with Crippen LogP contribution in [0, 0.1) is 28.4 Å². The first-order valence-electron chi connectivity index (χ1n) is 5.50. The van der Waals surface area contributed by atoms with Crippen molar-refractivity contribution in [3.8, 4) is 17.2 Å². The van der Waals surface area contributed by atoms with Gasteiger partial charge in [-0.2, -0.15) is 5.26 Å². The van der Waals surface area contributed by atoms with Crippen LogP contribution in [0.4, 0.5) is 0 Å². The van der Waals surface area contributed by atoms with E-state index in [0.717, 1.165) is 19.4 Å². The molecule has 0 aliphatic heterocycles. The maximum absolute atomic E-state index is 8.62. The quantitative estimate of drug-likeness (QED) is 0.321. The summed E-state index contributed by atoms with van der Waals surface area (Å²) in [7, 11) is 1.92. The van der Waals surface area contributed by atoms with Crippen LogP contribution in [0.1, 0.15) is 26.7 Å². The summed E-state index contributed by atoms with van der Waals surface area (Å²) in [6.07, 6.45) is 1.88. The van der Waals surface area contributed by atoms with Gasteiger partial charge in [0.2, 0.25) is 0 Å². The van der Waals surface area contributed by atoms with E-state index >= 15 is 0 Å². The van der Waals surface area contributed by atoms with Gasteiger partial charge in [0.15, 0.2) is 0 Å². The first-order chi connectivity index (χ1) is 7.70. The third kappa shape index (κ3) is 9.86. The van der Waals surface area contributed by atoms with Crippen molar-refractivity contribution in [2.75, 3.05) is 20.2 Å². The predicted molar refractivity (Wildman–Crippen MR) is 68.7 cm³/mol. The Balaban J connectivity index is 3.77. The van der Waals surface area contributed by atoms with E-state index in [9.17, 15) is 0 Å². The highest BCUT2D eigenvalue weighted by atomic mass is 32.2. The molecular weight excluding hydrogens is 220 g/mol. The van der Waals surface area contributed by atoms with E-state index < -0.39 is 0 Å². The molecule has 1 unspecified atom stereocenters. The van der Waals surface area contributed by atoms with Crippen molar-refractivity contribution in [2.24, 2.45) is 5.92 Å². The lowest BCUT2D eigenvalue weighted by Crippen LogP contribution is -2.13. The zero-order chi connectivity index (χ0) is 12.2. The van der Waals surface area contributed by atoms with E-state index in [0.29, 0.717) is 12.5 Å². The summed E-state index contributed by atoms with van der Waals surface area (Å²) in [5, 5.41) is 13.8. The van der Waals surface area contributed by atoms with Crippen molar-refractivity contribution in [1.82, 2.24) is 5.32 Å². The van der Waals surface area contributed by atoms with Crippen LogP contribution in [0.15, 0.2) is 0 Å². The summed E-state index contributed by atoms with van der Waals surface area (Å²) in [5.74, 6) is 6.35. The van der Waals surface area contributed by atoms with Gasteiger partial charge in [0, 0.05) is 5.92 Å². The fourth-order valence-corrected chi connectivity index (χ4v) is 1.60. The number of hydrogen-bond acceptors (Lipinski definition) is 4. The molecule has 0 saturated carbocycles. The molecule has 3 nitrogen and oxygen atoms in total. The van der Waals surface area contributed by atoms with Crippen LogP contribution in [0.25, 0.3) is 0 Å². The van der Waals surface area contributed by atoms with Crippen molar-refractivity contribution < 1.29 is 4.74 Å². The normalized spacial score (nSPS) is 11.7. The molecule has 0 saturated heterocycles. The maximum atomic E-state index is 8.62. The standard InChI is InChI=1S/C12H20N2OS/c1-11(2)6-5-9-15-12(16-10-13)7-4-8-14-3/h11-12,14H,4,7-9H2,1-3H3. The number of thioether (sulfide) groups is 1. The van der Waals surface area contributed by atoms with Gasteiger partial charge in [-0.05, 0) is 38.2 Å². The summed E-state index contributed by atoms with van der Waals surface area (Å²) in [5.41, 5.74) is -0.0557. The van der Waals surface area contributed by atoms with Crippen LogP contribution >= 0.6 is 11.8 Å². The molecule has 16 heavy (non-hydrogen) atoms. The molecule has 0 spiro atoms. The fourth-order valence-electron chi connectivity index (χ4n) is 1.06. The van der Waals surface area contributed by atoms with Gasteiger partial charge in [-0.1, -0.05) is 25.7 Å². The number of nitrogens with one attached hydrogen (secondary N) is 1. The molecule has 0 aliphatic rings. The van der Waals surface area contributed by atoms with Gasteiger partial charge in [-0.15, -0.1) is 0 Å². The third-order valence-electron chi connectivity index (χ3n) is 1.78. The molecule has 0 aliphatic carbocycles. The zero-order valence-corrected chi connectivity index (χ0v) is 11.1. The predicted octanol–water partition coefficient (Wildman–Crippen LogP) is 2.20. The summed E-state index contributed by atoms with van der Waals surface area (Å²) in [4.78, 5) is 0. The lowest BCUT2D eigenvalue weighted by Gasteiger charge is -2.11. The van der Waals surface area contributed by atoms with Gasteiger partial charge in [-0.25, -0.2) is 0 Å². The molecule has 0 aromatic rings. The molecule has 0 fully saturated rings. The molecule has 0 rings (SSSR count). The number of rotatable bonds is 7. The van der Waals surface area contributed by atoms with E-state index in [1.165, 1.54) is 11.8 Å². The summed E-state index contributed by atoms with van der Waals surface area (Å²) in [6, 6.07) is 0. The lowest BCUT2D eigenvalue weighted by molar-refractivity contribution is 0.136. The van der Waals surface area contributed by atoms with Crippen molar-refractivity contribution in [1.29, 1.82) is 5.26 Å². The lowest BCUT2D eigenvalue weighted by atomic mass is 10.2. The van der Waals surface area contributed by atoms with Gasteiger partial charge in [0.25, 0.3) is 0 Å². The van der Waals surface area contributed by atoms with Crippen LogP contribution in [-0.4, -0.2) is 25.6 Å². The number of thiocyanates is 1. The van der Waals surface area contributed by atoms with Gasteiger partial charge < -0.3 is 10.1 Å². The minimum atomic E-state index is -0.0557. The molecule has 0 bridgehead atoms. The number of nitriles is 1. The maximum Gasteiger partial charge on any atom is 0.136 e. The minimum Gasteiger partial charge on any atom is -0.354 e. The fraction of sp³-hybridized carbons (Fsp3) is 0.750. The highest BCUT2D eigenvalue weighted by Crippen LogP contribution is 2.15. The Hall–Kier alpha value is -0.680. The van der Waals surface area contributed by atoms with Crippen molar-refractivity contribution in [3.63, 3.8) is 0 Å². The van der Waals surface area contributed by atoms with Gasteiger partial charge in [-0.3, -0.25) is 0 Å². The zero-order valence-electron chi connectivity index (χ0n) is 10.2. The highest BCUT2D eigenvalue weighted by Gasteiger charge is 2.08. The Kier molecular flexibility index (Phi) is 10.4. The Morgan fingerprint density at radius 3 is 2.75 bits per heavy atom. The summed E-state index contributed by atoms with van der Waals surface area (Å²) >= 11 is 1.17. The molecular formula is C12H20N2OS. The summed E-state index contributed by atoms with van der Waals surface area (Å²) in [6.45, 7) is 5.45. The van der Waals surface area contributed by atoms with Gasteiger partial charge in [0.05, 0.1) is 0 Å². The van der Waals surface area contributed by atoms with Crippen LogP contribution in [-0.2, 0) is 4.74 Å². The van der Waals surface area contributed by atoms with Crippen molar-refractivity contribution in [3.05, 3.63) is 0 Å². The van der Waals surface area contributed by atoms with E-state index in [4.69, 9.17) is 10.00 Å². The molecule has 0 amide bonds. The average molecular weight is 240 g/mol. The van der Waals surface area contributed by atoms with Crippen LogP contribution in [0.2, 0.25) is 0 Å². The Morgan fingerprint density at radius 1 is 1.44 bits per heavy atom.